The molecule has 0 saturated heterocycles. The molecule has 1 atom stereocenters. The fourth-order valence-electron chi connectivity index (χ4n) is 1.83. The Morgan fingerprint density at radius 1 is 1.22 bits per heavy atom. The Morgan fingerprint density at radius 3 is 2.72 bits per heavy atom. The lowest BCUT2D eigenvalue weighted by atomic mass is 10.1. The largest absolute Gasteiger partial charge is 0.484 e. The molecule has 3 nitrogen and oxygen atoms in total. The van der Waals surface area contributed by atoms with Crippen molar-refractivity contribution in [3.05, 3.63) is 59.9 Å². The van der Waals surface area contributed by atoms with Gasteiger partial charge in [-0.3, -0.25) is 4.98 Å². The van der Waals surface area contributed by atoms with E-state index in [4.69, 9.17) is 4.74 Å². The van der Waals surface area contributed by atoms with Gasteiger partial charge in [0, 0.05) is 18.3 Å². The van der Waals surface area contributed by atoms with Crippen molar-refractivity contribution in [2.75, 3.05) is 7.05 Å². The number of hydrogen-bond acceptors (Lipinski definition) is 3. The van der Waals surface area contributed by atoms with Gasteiger partial charge in [-0.15, -0.1) is 0 Å². The van der Waals surface area contributed by atoms with Crippen molar-refractivity contribution < 1.29 is 4.74 Å². The Balaban J connectivity index is 2.14. The minimum absolute atomic E-state index is 0.0195. The standard InChI is InChI=1S/C15H18N2O/c1-12(13-6-4-3-5-7-13)18-15-11-17-9-8-14(15)10-16-2/h3-9,11-12,16H,10H2,1-2H3. The lowest BCUT2D eigenvalue weighted by Gasteiger charge is -2.17. The van der Waals surface area contributed by atoms with Crippen LogP contribution in [0.3, 0.4) is 0 Å². The molecule has 2 rings (SSSR count). The first-order chi connectivity index (χ1) is 8.81. The summed E-state index contributed by atoms with van der Waals surface area (Å²) in [6.07, 6.45) is 3.57. The van der Waals surface area contributed by atoms with Crippen molar-refractivity contribution in [3.8, 4) is 5.75 Å². The van der Waals surface area contributed by atoms with E-state index in [1.54, 1.807) is 12.4 Å². The summed E-state index contributed by atoms with van der Waals surface area (Å²) in [5.74, 6) is 0.836. The molecule has 1 heterocycles. The van der Waals surface area contributed by atoms with Gasteiger partial charge in [-0.25, -0.2) is 0 Å². The molecule has 0 amide bonds. The number of rotatable bonds is 5. The second kappa shape index (κ2) is 6.17. The molecule has 0 radical (unpaired) electrons. The minimum Gasteiger partial charge on any atom is -0.484 e. The summed E-state index contributed by atoms with van der Waals surface area (Å²) in [5.41, 5.74) is 2.28. The van der Waals surface area contributed by atoms with E-state index in [1.807, 2.05) is 38.2 Å². The van der Waals surface area contributed by atoms with Crippen LogP contribution in [0.1, 0.15) is 24.2 Å². The number of nitrogens with one attached hydrogen (secondary N) is 1. The molecule has 0 fully saturated rings. The SMILES string of the molecule is CNCc1ccncc1OC(C)c1ccccc1. The van der Waals surface area contributed by atoms with E-state index >= 15 is 0 Å². The van der Waals surface area contributed by atoms with Gasteiger partial charge in [-0.2, -0.15) is 0 Å². The van der Waals surface area contributed by atoms with Gasteiger partial charge < -0.3 is 10.1 Å². The molecule has 0 aliphatic heterocycles. The zero-order valence-corrected chi connectivity index (χ0v) is 10.8. The van der Waals surface area contributed by atoms with Crippen LogP contribution in [0.2, 0.25) is 0 Å². The van der Waals surface area contributed by atoms with E-state index in [1.165, 1.54) is 0 Å². The average molecular weight is 242 g/mol. The summed E-state index contributed by atoms with van der Waals surface area (Å²) in [7, 11) is 1.92. The van der Waals surface area contributed by atoms with Crippen LogP contribution in [0.15, 0.2) is 48.8 Å². The fourth-order valence-corrected chi connectivity index (χ4v) is 1.83. The maximum Gasteiger partial charge on any atom is 0.142 e. The number of hydrogen-bond donors (Lipinski definition) is 1. The topological polar surface area (TPSA) is 34.2 Å². The van der Waals surface area contributed by atoms with Crippen molar-refractivity contribution >= 4 is 0 Å². The number of aromatic nitrogens is 1. The summed E-state index contributed by atoms with van der Waals surface area (Å²) < 4.78 is 5.98. The Labute approximate surface area is 108 Å². The first-order valence-electron chi connectivity index (χ1n) is 6.10. The van der Waals surface area contributed by atoms with E-state index in [-0.39, 0.29) is 6.10 Å². The molecule has 0 aliphatic rings. The molecule has 1 unspecified atom stereocenters. The van der Waals surface area contributed by atoms with Crippen molar-refractivity contribution in [2.45, 2.75) is 19.6 Å². The molecule has 3 heteroatoms. The van der Waals surface area contributed by atoms with E-state index in [0.717, 1.165) is 23.4 Å². The van der Waals surface area contributed by atoms with E-state index in [2.05, 4.69) is 22.4 Å². The van der Waals surface area contributed by atoms with Gasteiger partial charge in [-0.05, 0) is 25.6 Å². The summed E-state index contributed by atoms with van der Waals surface area (Å²) in [5, 5.41) is 3.13. The van der Waals surface area contributed by atoms with Gasteiger partial charge in [0.2, 0.25) is 0 Å². The van der Waals surface area contributed by atoms with Gasteiger partial charge >= 0.3 is 0 Å². The quantitative estimate of drug-likeness (QED) is 0.875. The second-order valence-corrected chi connectivity index (χ2v) is 4.18. The highest BCUT2D eigenvalue weighted by atomic mass is 16.5. The molecule has 0 spiro atoms. The highest BCUT2D eigenvalue weighted by Gasteiger charge is 2.09. The first kappa shape index (κ1) is 12.6. The maximum absolute atomic E-state index is 5.98. The third-order valence-corrected chi connectivity index (χ3v) is 2.81. The number of benzene rings is 1. The van der Waals surface area contributed by atoms with Gasteiger partial charge in [-0.1, -0.05) is 30.3 Å². The third-order valence-electron chi connectivity index (χ3n) is 2.81. The molecule has 18 heavy (non-hydrogen) atoms. The number of ether oxygens (including phenoxy) is 1. The van der Waals surface area contributed by atoms with Crippen LogP contribution in [0, 0.1) is 0 Å². The van der Waals surface area contributed by atoms with Crippen molar-refractivity contribution in [1.82, 2.24) is 10.3 Å². The predicted octanol–water partition coefficient (Wildman–Crippen LogP) is 2.94. The lowest BCUT2D eigenvalue weighted by molar-refractivity contribution is 0.223. The van der Waals surface area contributed by atoms with Crippen LogP contribution in [0.25, 0.3) is 0 Å². The molecular weight excluding hydrogens is 224 g/mol. The Kier molecular flexibility index (Phi) is 4.31. The van der Waals surface area contributed by atoms with E-state index in [9.17, 15) is 0 Å². The van der Waals surface area contributed by atoms with Crippen LogP contribution in [0.4, 0.5) is 0 Å². The van der Waals surface area contributed by atoms with E-state index < -0.39 is 0 Å². The Morgan fingerprint density at radius 2 is 2.00 bits per heavy atom. The van der Waals surface area contributed by atoms with Crippen LogP contribution in [-0.2, 0) is 6.54 Å². The zero-order chi connectivity index (χ0) is 12.8. The number of pyridine rings is 1. The van der Waals surface area contributed by atoms with Crippen molar-refractivity contribution in [1.29, 1.82) is 0 Å². The average Bonchev–Trinajstić information content (AvgIpc) is 2.42. The second-order valence-electron chi connectivity index (χ2n) is 4.18. The van der Waals surface area contributed by atoms with Crippen LogP contribution in [-0.4, -0.2) is 12.0 Å². The first-order valence-corrected chi connectivity index (χ1v) is 6.10. The molecular formula is C15H18N2O. The van der Waals surface area contributed by atoms with Crippen molar-refractivity contribution in [3.63, 3.8) is 0 Å². The Hall–Kier alpha value is -1.87. The maximum atomic E-state index is 5.98. The zero-order valence-electron chi connectivity index (χ0n) is 10.8. The Bertz CT molecular complexity index is 485. The molecule has 0 saturated carbocycles. The monoisotopic (exact) mass is 242 g/mol. The molecule has 2 aromatic rings. The lowest BCUT2D eigenvalue weighted by Crippen LogP contribution is -2.09. The summed E-state index contributed by atoms with van der Waals surface area (Å²) in [6.45, 7) is 2.82. The summed E-state index contributed by atoms with van der Waals surface area (Å²) >= 11 is 0. The molecule has 0 bridgehead atoms. The van der Waals surface area contributed by atoms with Gasteiger partial charge in [0.15, 0.2) is 0 Å². The third kappa shape index (κ3) is 3.08. The predicted molar refractivity (Wildman–Crippen MR) is 72.5 cm³/mol. The summed E-state index contributed by atoms with van der Waals surface area (Å²) in [4.78, 5) is 4.12. The fraction of sp³-hybridized carbons (Fsp3) is 0.267. The molecule has 1 aromatic heterocycles. The highest BCUT2D eigenvalue weighted by molar-refractivity contribution is 5.31. The van der Waals surface area contributed by atoms with Crippen LogP contribution >= 0.6 is 0 Å². The van der Waals surface area contributed by atoms with Crippen LogP contribution in [0.5, 0.6) is 5.75 Å². The van der Waals surface area contributed by atoms with Crippen molar-refractivity contribution in [2.24, 2.45) is 0 Å². The van der Waals surface area contributed by atoms with Gasteiger partial charge in [0.1, 0.15) is 11.9 Å². The van der Waals surface area contributed by atoms with Gasteiger partial charge in [0.25, 0.3) is 0 Å². The minimum atomic E-state index is 0.0195. The summed E-state index contributed by atoms with van der Waals surface area (Å²) in [6, 6.07) is 12.2. The van der Waals surface area contributed by atoms with E-state index in [0.29, 0.717) is 0 Å². The molecule has 94 valence electrons. The normalized spacial score (nSPS) is 12.1. The molecule has 0 aliphatic carbocycles. The molecule has 1 aromatic carbocycles. The van der Waals surface area contributed by atoms with Gasteiger partial charge in [0.05, 0.1) is 6.20 Å². The molecule has 1 N–H and O–H groups in total. The van der Waals surface area contributed by atoms with Crippen LogP contribution < -0.4 is 10.1 Å². The highest BCUT2D eigenvalue weighted by Crippen LogP contribution is 2.24. The smallest absolute Gasteiger partial charge is 0.142 e. The number of nitrogens with zero attached hydrogens (tertiary/aromatic N) is 1.